The van der Waals surface area contributed by atoms with E-state index >= 15 is 0 Å². The lowest BCUT2D eigenvalue weighted by Crippen LogP contribution is -2.39. The molecule has 5 nitrogen and oxygen atoms in total. The Bertz CT molecular complexity index is 821. The molecule has 29 heavy (non-hydrogen) atoms. The van der Waals surface area contributed by atoms with E-state index in [1.807, 2.05) is 12.1 Å². The topological polar surface area (TPSA) is 50.8 Å². The minimum absolute atomic E-state index is 0.00300. The van der Waals surface area contributed by atoms with Gasteiger partial charge in [-0.15, -0.1) is 0 Å². The molecular weight excluding hydrogens is 364 g/mol. The second-order valence-corrected chi connectivity index (χ2v) is 7.86. The van der Waals surface area contributed by atoms with Crippen molar-refractivity contribution in [2.45, 2.75) is 44.4 Å². The molecule has 0 radical (unpaired) electrons. The molecule has 0 spiro atoms. The van der Waals surface area contributed by atoms with Crippen molar-refractivity contribution in [2.24, 2.45) is 0 Å². The summed E-state index contributed by atoms with van der Waals surface area (Å²) in [5.74, 6) is 1.14. The third-order valence-corrected chi connectivity index (χ3v) is 6.05. The molecule has 1 N–H and O–H groups in total. The van der Waals surface area contributed by atoms with Crippen LogP contribution in [-0.2, 0) is 22.5 Å². The molecule has 154 valence electrons. The minimum Gasteiger partial charge on any atom is -0.497 e. The number of carbonyl (C=O) groups excluding carboxylic acids is 1. The summed E-state index contributed by atoms with van der Waals surface area (Å²) in [6.07, 6.45) is 3.52. The Morgan fingerprint density at radius 3 is 2.79 bits per heavy atom. The van der Waals surface area contributed by atoms with Crippen LogP contribution in [0, 0.1) is 0 Å². The van der Waals surface area contributed by atoms with Crippen molar-refractivity contribution in [3.8, 4) is 5.75 Å². The molecule has 0 bridgehead atoms. The second-order valence-electron chi connectivity index (χ2n) is 7.86. The molecular formula is C24H30N2O3. The van der Waals surface area contributed by atoms with Crippen LogP contribution in [0.25, 0.3) is 0 Å². The number of likely N-dealkylation sites (tertiary alicyclic amines) is 1. The van der Waals surface area contributed by atoms with Crippen molar-refractivity contribution in [2.75, 3.05) is 26.8 Å². The number of nitrogens with one attached hydrogen (secondary N) is 1. The fourth-order valence-corrected chi connectivity index (χ4v) is 4.40. The highest BCUT2D eigenvalue weighted by Gasteiger charge is 2.34. The number of rotatable bonds is 8. The number of fused-ring (bicyclic) bond motifs is 1. The summed E-state index contributed by atoms with van der Waals surface area (Å²) < 4.78 is 11.2. The molecule has 2 aromatic rings. The van der Waals surface area contributed by atoms with Gasteiger partial charge in [0, 0.05) is 19.0 Å². The summed E-state index contributed by atoms with van der Waals surface area (Å²) >= 11 is 0. The van der Waals surface area contributed by atoms with Crippen LogP contribution in [-0.4, -0.2) is 43.7 Å². The number of nitrogens with zero attached hydrogens (tertiary/aromatic N) is 1. The van der Waals surface area contributed by atoms with E-state index in [0.717, 1.165) is 44.7 Å². The fourth-order valence-electron chi connectivity index (χ4n) is 4.40. The summed E-state index contributed by atoms with van der Waals surface area (Å²) in [6, 6.07) is 16.9. The van der Waals surface area contributed by atoms with Gasteiger partial charge in [0.05, 0.1) is 20.3 Å². The predicted octanol–water partition coefficient (Wildman–Crippen LogP) is 3.48. The lowest BCUT2D eigenvalue weighted by Gasteiger charge is -2.32. The lowest BCUT2D eigenvalue weighted by atomic mass is 9.97. The highest BCUT2D eigenvalue weighted by molar-refractivity contribution is 5.78. The third-order valence-electron chi connectivity index (χ3n) is 6.05. The van der Waals surface area contributed by atoms with Gasteiger partial charge in [-0.3, -0.25) is 4.79 Å². The maximum Gasteiger partial charge on any atom is 0.222 e. The number of benzene rings is 2. The number of hydrogen-bond acceptors (Lipinski definition) is 4. The zero-order valence-corrected chi connectivity index (χ0v) is 17.1. The number of carbonyl (C=O) groups is 1. The Morgan fingerprint density at radius 2 is 1.97 bits per heavy atom. The zero-order chi connectivity index (χ0) is 20.1. The number of ether oxygens (including phenoxy) is 2. The van der Waals surface area contributed by atoms with Crippen LogP contribution in [0.5, 0.6) is 5.75 Å². The molecule has 2 aromatic carbocycles. The van der Waals surface area contributed by atoms with Crippen molar-refractivity contribution in [1.29, 1.82) is 0 Å². The van der Waals surface area contributed by atoms with Crippen molar-refractivity contribution >= 4 is 5.91 Å². The lowest BCUT2D eigenvalue weighted by molar-refractivity contribution is -0.131. The molecule has 1 saturated heterocycles. The van der Waals surface area contributed by atoms with E-state index in [0.29, 0.717) is 19.0 Å². The van der Waals surface area contributed by atoms with Gasteiger partial charge >= 0.3 is 0 Å². The van der Waals surface area contributed by atoms with Crippen LogP contribution in [0.3, 0.4) is 0 Å². The van der Waals surface area contributed by atoms with Crippen molar-refractivity contribution in [3.63, 3.8) is 0 Å². The molecule has 2 atom stereocenters. The van der Waals surface area contributed by atoms with Crippen LogP contribution < -0.4 is 10.1 Å². The molecule has 5 heteroatoms. The Morgan fingerprint density at radius 1 is 1.14 bits per heavy atom. The average molecular weight is 395 g/mol. The average Bonchev–Trinajstić information content (AvgIpc) is 3.11. The van der Waals surface area contributed by atoms with Gasteiger partial charge in [-0.05, 0) is 54.6 Å². The van der Waals surface area contributed by atoms with Gasteiger partial charge in [-0.1, -0.05) is 36.4 Å². The fraction of sp³-hybridized carbons (Fsp3) is 0.458. The van der Waals surface area contributed by atoms with Gasteiger partial charge < -0.3 is 19.7 Å². The first-order valence-corrected chi connectivity index (χ1v) is 10.6. The van der Waals surface area contributed by atoms with E-state index in [9.17, 15) is 4.79 Å². The molecule has 2 heterocycles. The normalized spacial score (nSPS) is 21.3. The highest BCUT2D eigenvalue weighted by Crippen LogP contribution is 2.31. The van der Waals surface area contributed by atoms with Gasteiger partial charge in [0.2, 0.25) is 5.91 Å². The molecule has 4 rings (SSSR count). The van der Waals surface area contributed by atoms with Crippen LogP contribution >= 0.6 is 0 Å². The SMILES string of the molecule is COc1ccc(CNCC[C@@H]2CCC(=O)N2C[C@@H]2OCCc3ccccc32)cc1. The first-order valence-electron chi connectivity index (χ1n) is 10.6. The van der Waals surface area contributed by atoms with E-state index in [1.54, 1.807) is 7.11 Å². The van der Waals surface area contributed by atoms with E-state index in [1.165, 1.54) is 16.7 Å². The maximum absolute atomic E-state index is 12.5. The number of amides is 1. The Kier molecular flexibility index (Phi) is 6.47. The van der Waals surface area contributed by atoms with Crippen molar-refractivity contribution in [1.82, 2.24) is 10.2 Å². The molecule has 1 fully saturated rings. The van der Waals surface area contributed by atoms with Crippen LogP contribution in [0.4, 0.5) is 0 Å². The van der Waals surface area contributed by atoms with E-state index in [2.05, 4.69) is 46.6 Å². The standard InChI is InChI=1S/C24H30N2O3/c1-28-21-9-6-18(7-10-21)16-25-14-12-20-8-11-24(27)26(20)17-23-22-5-3-2-4-19(22)13-15-29-23/h2-7,9-10,20,23,25H,8,11-17H2,1H3/t20-,23-/m0/s1. The largest absolute Gasteiger partial charge is 0.497 e. The smallest absolute Gasteiger partial charge is 0.222 e. The maximum atomic E-state index is 12.5. The summed E-state index contributed by atoms with van der Waals surface area (Å²) in [6.45, 7) is 3.11. The van der Waals surface area contributed by atoms with Gasteiger partial charge in [-0.2, -0.15) is 0 Å². The summed E-state index contributed by atoms with van der Waals surface area (Å²) in [7, 11) is 1.68. The number of methoxy groups -OCH3 is 1. The van der Waals surface area contributed by atoms with Crippen molar-refractivity contribution < 1.29 is 14.3 Å². The molecule has 2 aliphatic rings. The summed E-state index contributed by atoms with van der Waals surface area (Å²) in [4.78, 5) is 14.6. The van der Waals surface area contributed by atoms with Crippen LogP contribution in [0.1, 0.15) is 42.1 Å². The quantitative estimate of drug-likeness (QED) is 0.697. The molecule has 0 saturated carbocycles. The monoisotopic (exact) mass is 394 g/mol. The summed E-state index contributed by atoms with van der Waals surface area (Å²) in [5.41, 5.74) is 3.83. The van der Waals surface area contributed by atoms with Crippen LogP contribution in [0.15, 0.2) is 48.5 Å². The third kappa shape index (κ3) is 4.80. The Balaban J connectivity index is 1.29. The van der Waals surface area contributed by atoms with E-state index < -0.39 is 0 Å². The predicted molar refractivity (Wildman–Crippen MR) is 113 cm³/mol. The molecule has 0 unspecified atom stereocenters. The van der Waals surface area contributed by atoms with Crippen molar-refractivity contribution in [3.05, 3.63) is 65.2 Å². The molecule has 0 aromatic heterocycles. The zero-order valence-electron chi connectivity index (χ0n) is 17.1. The second kappa shape index (κ2) is 9.42. The highest BCUT2D eigenvalue weighted by atomic mass is 16.5. The first-order chi connectivity index (χ1) is 14.2. The number of hydrogen-bond donors (Lipinski definition) is 1. The van der Waals surface area contributed by atoms with E-state index in [-0.39, 0.29) is 12.0 Å². The van der Waals surface area contributed by atoms with E-state index in [4.69, 9.17) is 9.47 Å². The molecule has 1 amide bonds. The first kappa shape index (κ1) is 19.9. The van der Waals surface area contributed by atoms with Gasteiger partial charge in [0.1, 0.15) is 11.9 Å². The minimum atomic E-state index is -0.00300. The van der Waals surface area contributed by atoms with Gasteiger partial charge in [-0.25, -0.2) is 0 Å². The summed E-state index contributed by atoms with van der Waals surface area (Å²) in [5, 5.41) is 3.51. The Hall–Kier alpha value is -2.37. The van der Waals surface area contributed by atoms with Gasteiger partial charge in [0.25, 0.3) is 0 Å². The molecule has 2 aliphatic heterocycles. The molecule has 0 aliphatic carbocycles. The Labute approximate surface area is 173 Å². The van der Waals surface area contributed by atoms with Gasteiger partial charge in [0.15, 0.2) is 0 Å². The van der Waals surface area contributed by atoms with Crippen LogP contribution in [0.2, 0.25) is 0 Å².